The van der Waals surface area contributed by atoms with Gasteiger partial charge in [-0.1, -0.05) is 25.0 Å². The molecule has 3 atom stereocenters. The number of carbonyl (C=O) groups excluding carboxylic acids is 1. The maximum absolute atomic E-state index is 14.7. The average molecular weight is 538 g/mol. The molecule has 0 bridgehead atoms. The van der Waals surface area contributed by atoms with Gasteiger partial charge in [0.05, 0.1) is 29.1 Å². The van der Waals surface area contributed by atoms with E-state index in [4.69, 9.17) is 4.74 Å². The number of anilines is 1. The molecule has 1 aliphatic heterocycles. The third kappa shape index (κ3) is 5.08. The molecule has 2 aliphatic rings. The van der Waals surface area contributed by atoms with Crippen LogP contribution in [0.15, 0.2) is 42.6 Å². The standard InChI is InChI=1S/C23H28FIN4O2/c1-31-17-13-20(27-14-17)22(30)28-19-12-16(7-8-18(19)24)23(29-25,10-9-15-5-6-15)21-4-2-3-11-26-21/h2-4,7-8,11-12,15,17,20,27,29H,5-6,9-10,13-14H2,1H3,(H,28,30)/t17-,20-,23?/m1/s1. The normalized spacial score (nSPS) is 22.8. The van der Waals surface area contributed by atoms with Gasteiger partial charge in [-0.3, -0.25) is 9.78 Å². The van der Waals surface area contributed by atoms with E-state index in [9.17, 15) is 9.18 Å². The van der Waals surface area contributed by atoms with Crippen molar-refractivity contribution >= 4 is 34.5 Å². The predicted molar refractivity (Wildman–Crippen MR) is 126 cm³/mol. The van der Waals surface area contributed by atoms with E-state index in [2.05, 4.69) is 42.0 Å². The fourth-order valence-electron chi connectivity index (χ4n) is 4.20. The summed E-state index contributed by atoms with van der Waals surface area (Å²) < 4.78 is 23.4. The predicted octanol–water partition coefficient (Wildman–Crippen LogP) is 3.91. The molecular weight excluding hydrogens is 510 g/mol. The molecule has 1 saturated carbocycles. The van der Waals surface area contributed by atoms with E-state index in [0.29, 0.717) is 13.0 Å². The number of aromatic nitrogens is 1. The molecule has 6 nitrogen and oxygen atoms in total. The average Bonchev–Trinajstić information content (AvgIpc) is 3.50. The monoisotopic (exact) mass is 538 g/mol. The summed E-state index contributed by atoms with van der Waals surface area (Å²) in [5.41, 5.74) is 1.38. The fraction of sp³-hybridized carbons (Fsp3) is 0.478. The molecule has 1 unspecified atom stereocenters. The molecule has 1 aliphatic carbocycles. The second-order valence-corrected chi connectivity index (χ2v) is 8.97. The number of amides is 1. The fourth-order valence-corrected chi connectivity index (χ4v) is 5.06. The Bertz CT molecular complexity index is 912. The SMILES string of the molecule is CO[C@H]1CN[C@@H](C(=O)Nc2cc(C(CCC3CC3)(NI)c3ccccn3)ccc2F)C1. The second-order valence-electron chi connectivity index (χ2n) is 8.43. The van der Waals surface area contributed by atoms with E-state index in [1.54, 1.807) is 25.4 Å². The minimum Gasteiger partial charge on any atom is -0.380 e. The Balaban J connectivity index is 1.62. The summed E-state index contributed by atoms with van der Waals surface area (Å²) in [6, 6.07) is 10.4. The van der Waals surface area contributed by atoms with Gasteiger partial charge in [-0.15, -0.1) is 0 Å². The Morgan fingerprint density at radius 1 is 1.35 bits per heavy atom. The lowest BCUT2D eigenvalue weighted by molar-refractivity contribution is -0.118. The Hall–Kier alpha value is -1.62. The molecule has 3 N–H and O–H groups in total. The highest BCUT2D eigenvalue weighted by Crippen LogP contribution is 2.41. The summed E-state index contributed by atoms with van der Waals surface area (Å²) in [6.07, 6.45) is 6.78. The largest absolute Gasteiger partial charge is 0.380 e. The first-order chi connectivity index (χ1) is 15.1. The third-order valence-electron chi connectivity index (χ3n) is 6.35. The van der Waals surface area contributed by atoms with Crippen LogP contribution in [0.5, 0.6) is 0 Å². The minimum atomic E-state index is -0.565. The number of carbonyl (C=O) groups is 1. The van der Waals surface area contributed by atoms with Gasteiger partial charge in [0.15, 0.2) is 0 Å². The minimum absolute atomic E-state index is 0.00520. The second kappa shape index (κ2) is 9.89. The maximum atomic E-state index is 14.7. The number of rotatable bonds is 9. The third-order valence-corrected chi connectivity index (χ3v) is 7.27. The van der Waals surface area contributed by atoms with Crippen molar-refractivity contribution in [3.8, 4) is 0 Å². The smallest absolute Gasteiger partial charge is 0.241 e. The highest BCUT2D eigenvalue weighted by atomic mass is 127. The number of ether oxygens (including phenoxy) is 1. The summed E-state index contributed by atoms with van der Waals surface area (Å²) in [7, 11) is 1.63. The number of benzene rings is 1. The number of pyridine rings is 1. The zero-order valence-corrected chi connectivity index (χ0v) is 19.7. The molecule has 1 amide bonds. The quantitative estimate of drug-likeness (QED) is 0.334. The van der Waals surface area contributed by atoms with Gasteiger partial charge in [0.25, 0.3) is 0 Å². The van der Waals surface area contributed by atoms with Gasteiger partial charge in [-0.25, -0.2) is 7.92 Å². The maximum Gasteiger partial charge on any atom is 0.241 e. The molecule has 2 aromatic rings. The van der Waals surface area contributed by atoms with Crippen LogP contribution in [0.4, 0.5) is 10.1 Å². The topological polar surface area (TPSA) is 75.3 Å². The van der Waals surface area contributed by atoms with Crippen LogP contribution in [0.2, 0.25) is 0 Å². The molecule has 0 radical (unpaired) electrons. The number of nitrogens with zero attached hydrogens (tertiary/aromatic N) is 1. The van der Waals surface area contributed by atoms with Crippen molar-refractivity contribution in [2.24, 2.45) is 5.92 Å². The van der Waals surface area contributed by atoms with Crippen LogP contribution in [0.1, 0.15) is 43.4 Å². The van der Waals surface area contributed by atoms with Gasteiger partial charge < -0.3 is 15.4 Å². The summed E-state index contributed by atoms with van der Waals surface area (Å²) >= 11 is 2.16. The van der Waals surface area contributed by atoms with Crippen LogP contribution in [-0.4, -0.2) is 36.7 Å². The molecule has 2 heterocycles. The number of nitrogens with one attached hydrogen (secondary N) is 3. The van der Waals surface area contributed by atoms with E-state index in [1.165, 1.54) is 18.9 Å². The Morgan fingerprint density at radius 2 is 2.19 bits per heavy atom. The summed E-state index contributed by atoms with van der Waals surface area (Å²) in [5, 5.41) is 5.92. The van der Waals surface area contributed by atoms with Gasteiger partial charge in [0.1, 0.15) is 5.82 Å². The van der Waals surface area contributed by atoms with Gasteiger partial charge >= 0.3 is 0 Å². The van der Waals surface area contributed by atoms with Gasteiger partial charge in [-0.05, 0) is 55.0 Å². The van der Waals surface area contributed by atoms with Crippen LogP contribution in [-0.2, 0) is 15.1 Å². The first-order valence-corrected chi connectivity index (χ1v) is 11.8. The number of methoxy groups -OCH3 is 1. The van der Waals surface area contributed by atoms with Gasteiger partial charge in [0, 0.05) is 42.7 Å². The highest BCUT2D eigenvalue weighted by molar-refractivity contribution is 14.1. The van der Waals surface area contributed by atoms with Gasteiger partial charge in [0.2, 0.25) is 5.91 Å². The zero-order valence-electron chi connectivity index (χ0n) is 17.5. The Labute approximate surface area is 196 Å². The van der Waals surface area contributed by atoms with Crippen molar-refractivity contribution in [1.82, 2.24) is 13.8 Å². The number of hydrogen-bond acceptors (Lipinski definition) is 5. The molecule has 1 aromatic heterocycles. The van der Waals surface area contributed by atoms with Crippen LogP contribution in [0, 0.1) is 11.7 Å². The van der Waals surface area contributed by atoms with Crippen LogP contribution >= 0.6 is 22.9 Å². The van der Waals surface area contributed by atoms with E-state index >= 15 is 0 Å². The van der Waals surface area contributed by atoms with E-state index in [-0.39, 0.29) is 17.7 Å². The molecule has 1 saturated heterocycles. The summed E-state index contributed by atoms with van der Waals surface area (Å²) in [4.78, 5) is 17.3. The lowest BCUT2D eigenvalue weighted by atomic mass is 9.82. The number of halogens is 2. The molecule has 166 valence electrons. The van der Waals surface area contributed by atoms with Crippen LogP contribution in [0.3, 0.4) is 0 Å². The summed E-state index contributed by atoms with van der Waals surface area (Å²) in [6.45, 7) is 0.611. The van der Waals surface area contributed by atoms with Crippen molar-refractivity contribution in [2.45, 2.75) is 49.8 Å². The molecular formula is C23H28FIN4O2. The lowest BCUT2D eigenvalue weighted by Gasteiger charge is -2.33. The van der Waals surface area contributed by atoms with Crippen molar-refractivity contribution in [3.05, 3.63) is 59.7 Å². The van der Waals surface area contributed by atoms with Crippen LogP contribution in [0.25, 0.3) is 0 Å². The molecule has 31 heavy (non-hydrogen) atoms. The van der Waals surface area contributed by atoms with Crippen molar-refractivity contribution < 1.29 is 13.9 Å². The van der Waals surface area contributed by atoms with E-state index in [1.807, 2.05) is 18.2 Å². The molecule has 0 spiro atoms. The molecule has 2 fully saturated rings. The Kier molecular flexibility index (Phi) is 7.20. The van der Waals surface area contributed by atoms with E-state index in [0.717, 1.165) is 30.0 Å². The van der Waals surface area contributed by atoms with E-state index < -0.39 is 17.4 Å². The lowest BCUT2D eigenvalue weighted by Crippen LogP contribution is -2.39. The zero-order chi connectivity index (χ0) is 21.8. The molecule has 8 heteroatoms. The van der Waals surface area contributed by atoms with Gasteiger partial charge in [-0.2, -0.15) is 0 Å². The summed E-state index contributed by atoms with van der Waals surface area (Å²) in [5.74, 6) is 0.0399. The first-order valence-electron chi connectivity index (χ1n) is 10.7. The number of hydrogen-bond donors (Lipinski definition) is 3. The Morgan fingerprint density at radius 3 is 2.84 bits per heavy atom. The van der Waals surface area contributed by atoms with Crippen molar-refractivity contribution in [3.63, 3.8) is 0 Å². The van der Waals surface area contributed by atoms with Crippen molar-refractivity contribution in [1.29, 1.82) is 0 Å². The molecule has 1 aromatic carbocycles. The molecule has 4 rings (SSSR count). The van der Waals surface area contributed by atoms with Crippen molar-refractivity contribution in [2.75, 3.05) is 19.0 Å². The highest BCUT2D eigenvalue weighted by Gasteiger charge is 2.37. The van der Waals surface area contributed by atoms with Crippen LogP contribution < -0.4 is 14.2 Å². The first kappa shape index (κ1) is 22.6.